The Balaban J connectivity index is 3.12. The summed E-state index contributed by atoms with van der Waals surface area (Å²) in [4.78, 5) is 0. The van der Waals surface area contributed by atoms with Crippen molar-refractivity contribution < 1.29 is 14.2 Å². The third-order valence-electron chi connectivity index (χ3n) is 2.59. The van der Waals surface area contributed by atoms with Crippen LogP contribution in [0.2, 0.25) is 0 Å². The van der Waals surface area contributed by atoms with Crippen molar-refractivity contribution >= 4 is 0 Å². The van der Waals surface area contributed by atoms with Crippen LogP contribution in [0.3, 0.4) is 0 Å². The molecule has 3 nitrogen and oxygen atoms in total. The highest BCUT2D eigenvalue weighted by Crippen LogP contribution is 2.17. The van der Waals surface area contributed by atoms with E-state index >= 15 is 0 Å². The van der Waals surface area contributed by atoms with E-state index in [1.54, 1.807) is 0 Å². The van der Waals surface area contributed by atoms with Crippen LogP contribution in [-0.2, 0) is 14.2 Å². The van der Waals surface area contributed by atoms with Gasteiger partial charge in [-0.1, -0.05) is 20.8 Å². The maximum Gasteiger partial charge on any atom is 0.0700 e. The normalized spacial score (nSPS) is 12.9. The average molecular weight is 274 g/mol. The summed E-state index contributed by atoms with van der Waals surface area (Å²) in [6, 6.07) is 0. The molecule has 0 N–H and O–H groups in total. The SMILES string of the molecule is CC(C)(C)CCOCCOCCCCOC(C)(C)C. The van der Waals surface area contributed by atoms with Crippen molar-refractivity contribution in [3.63, 3.8) is 0 Å². The Labute approximate surface area is 120 Å². The summed E-state index contributed by atoms with van der Waals surface area (Å²) in [5.74, 6) is 0. The van der Waals surface area contributed by atoms with Crippen LogP contribution in [0.4, 0.5) is 0 Å². The molecule has 0 aliphatic carbocycles. The lowest BCUT2D eigenvalue weighted by Gasteiger charge is -2.19. The van der Waals surface area contributed by atoms with Gasteiger partial charge in [0.05, 0.1) is 18.8 Å². The molecule has 3 heteroatoms. The van der Waals surface area contributed by atoms with Crippen LogP contribution in [0, 0.1) is 5.41 Å². The van der Waals surface area contributed by atoms with Crippen LogP contribution >= 0.6 is 0 Å². The molecule has 0 heterocycles. The summed E-state index contributed by atoms with van der Waals surface area (Å²) in [7, 11) is 0. The van der Waals surface area contributed by atoms with Gasteiger partial charge >= 0.3 is 0 Å². The number of hydrogen-bond acceptors (Lipinski definition) is 3. The number of hydrogen-bond donors (Lipinski definition) is 0. The van der Waals surface area contributed by atoms with Crippen LogP contribution in [0.5, 0.6) is 0 Å². The molecule has 0 radical (unpaired) electrons. The smallest absolute Gasteiger partial charge is 0.0700 e. The van der Waals surface area contributed by atoms with E-state index in [-0.39, 0.29) is 5.60 Å². The predicted molar refractivity (Wildman–Crippen MR) is 80.6 cm³/mol. The van der Waals surface area contributed by atoms with E-state index in [2.05, 4.69) is 41.5 Å². The third-order valence-corrected chi connectivity index (χ3v) is 2.59. The van der Waals surface area contributed by atoms with E-state index in [1.807, 2.05) is 0 Å². The molecule has 0 aliphatic heterocycles. The van der Waals surface area contributed by atoms with Crippen LogP contribution in [0.15, 0.2) is 0 Å². The fourth-order valence-electron chi connectivity index (χ4n) is 1.38. The van der Waals surface area contributed by atoms with E-state index in [4.69, 9.17) is 14.2 Å². The largest absolute Gasteiger partial charge is 0.379 e. The second-order valence-corrected chi connectivity index (χ2v) is 7.20. The molecule has 19 heavy (non-hydrogen) atoms. The van der Waals surface area contributed by atoms with Gasteiger partial charge < -0.3 is 14.2 Å². The summed E-state index contributed by atoms with van der Waals surface area (Å²) in [6.07, 6.45) is 3.21. The molecule has 0 unspecified atom stereocenters. The van der Waals surface area contributed by atoms with Crippen LogP contribution in [0.1, 0.15) is 60.8 Å². The maximum atomic E-state index is 5.64. The van der Waals surface area contributed by atoms with Crippen LogP contribution in [-0.4, -0.2) is 38.6 Å². The molecule has 0 saturated heterocycles. The molecule has 0 aromatic heterocycles. The van der Waals surface area contributed by atoms with Crippen molar-refractivity contribution in [1.29, 1.82) is 0 Å². The molecule has 0 aromatic rings. The Morgan fingerprint density at radius 1 is 0.632 bits per heavy atom. The highest BCUT2D eigenvalue weighted by Gasteiger charge is 2.09. The number of rotatable bonds is 10. The van der Waals surface area contributed by atoms with Gasteiger partial charge in [0, 0.05) is 19.8 Å². The van der Waals surface area contributed by atoms with E-state index in [0.29, 0.717) is 18.6 Å². The van der Waals surface area contributed by atoms with Gasteiger partial charge in [-0.05, 0) is 45.4 Å². The average Bonchev–Trinajstić information content (AvgIpc) is 2.22. The van der Waals surface area contributed by atoms with Gasteiger partial charge in [0.15, 0.2) is 0 Å². The number of ether oxygens (including phenoxy) is 3. The molecule has 0 saturated carbocycles. The van der Waals surface area contributed by atoms with Gasteiger partial charge in [-0.25, -0.2) is 0 Å². The lowest BCUT2D eigenvalue weighted by Crippen LogP contribution is -2.19. The maximum absolute atomic E-state index is 5.64. The van der Waals surface area contributed by atoms with Crippen molar-refractivity contribution in [3.05, 3.63) is 0 Å². The molecule has 0 fully saturated rings. The fourth-order valence-corrected chi connectivity index (χ4v) is 1.38. The molecular formula is C16H34O3. The lowest BCUT2D eigenvalue weighted by molar-refractivity contribution is -0.00911. The third kappa shape index (κ3) is 17.9. The van der Waals surface area contributed by atoms with Gasteiger partial charge in [0.1, 0.15) is 0 Å². The van der Waals surface area contributed by atoms with E-state index < -0.39 is 0 Å². The van der Waals surface area contributed by atoms with Crippen molar-refractivity contribution in [3.8, 4) is 0 Å². The monoisotopic (exact) mass is 274 g/mol. The Morgan fingerprint density at radius 3 is 1.68 bits per heavy atom. The molecule has 0 rings (SSSR count). The minimum Gasteiger partial charge on any atom is -0.379 e. The first kappa shape index (κ1) is 18.9. The predicted octanol–water partition coefficient (Wildman–Crippen LogP) is 4.05. The topological polar surface area (TPSA) is 27.7 Å². The van der Waals surface area contributed by atoms with Crippen molar-refractivity contribution in [2.45, 2.75) is 66.4 Å². The molecule has 116 valence electrons. The molecule has 0 atom stereocenters. The first-order valence-electron chi connectivity index (χ1n) is 7.50. The fraction of sp³-hybridized carbons (Fsp3) is 1.00. The minimum absolute atomic E-state index is 0.0260. The second kappa shape index (κ2) is 9.73. The lowest BCUT2D eigenvalue weighted by atomic mass is 9.93. The van der Waals surface area contributed by atoms with Gasteiger partial charge in [-0.2, -0.15) is 0 Å². The minimum atomic E-state index is -0.0260. The summed E-state index contributed by atoms with van der Waals surface area (Å²) >= 11 is 0. The molecule has 0 aromatic carbocycles. The zero-order valence-electron chi connectivity index (χ0n) is 13.9. The van der Waals surface area contributed by atoms with Crippen molar-refractivity contribution in [2.24, 2.45) is 5.41 Å². The Kier molecular flexibility index (Phi) is 9.67. The van der Waals surface area contributed by atoms with Gasteiger partial charge in [-0.3, -0.25) is 0 Å². The standard InChI is InChI=1S/C16H34O3/c1-15(2,3)9-12-18-14-13-17-10-7-8-11-19-16(4,5)6/h7-14H2,1-6H3. The van der Waals surface area contributed by atoms with Crippen molar-refractivity contribution in [2.75, 3.05) is 33.0 Å². The molecule has 0 amide bonds. The molecule has 0 bridgehead atoms. The molecule has 0 spiro atoms. The summed E-state index contributed by atoms with van der Waals surface area (Å²) in [5.41, 5.74) is 0.329. The molecular weight excluding hydrogens is 240 g/mol. The van der Waals surface area contributed by atoms with Gasteiger partial charge in [0.2, 0.25) is 0 Å². The Hall–Kier alpha value is -0.120. The summed E-state index contributed by atoms with van der Waals surface area (Å²) in [5, 5.41) is 0. The second-order valence-electron chi connectivity index (χ2n) is 7.20. The molecule has 0 aliphatic rings. The first-order chi connectivity index (χ1) is 8.71. The number of unbranched alkanes of at least 4 members (excludes halogenated alkanes) is 1. The van der Waals surface area contributed by atoms with Gasteiger partial charge in [-0.15, -0.1) is 0 Å². The summed E-state index contributed by atoms with van der Waals surface area (Å²) < 4.78 is 16.7. The van der Waals surface area contributed by atoms with Crippen LogP contribution in [0.25, 0.3) is 0 Å². The summed E-state index contributed by atoms with van der Waals surface area (Å²) in [6.45, 7) is 16.8. The Morgan fingerprint density at radius 2 is 1.16 bits per heavy atom. The van der Waals surface area contributed by atoms with E-state index in [1.165, 1.54) is 0 Å². The van der Waals surface area contributed by atoms with Crippen molar-refractivity contribution in [1.82, 2.24) is 0 Å². The van der Waals surface area contributed by atoms with E-state index in [9.17, 15) is 0 Å². The first-order valence-corrected chi connectivity index (χ1v) is 7.50. The zero-order valence-corrected chi connectivity index (χ0v) is 13.9. The highest BCUT2D eigenvalue weighted by molar-refractivity contribution is 4.60. The van der Waals surface area contributed by atoms with Crippen LogP contribution < -0.4 is 0 Å². The Bertz CT molecular complexity index is 179. The highest BCUT2D eigenvalue weighted by atomic mass is 16.5. The quantitative estimate of drug-likeness (QED) is 0.562. The zero-order chi connectivity index (χ0) is 14.8. The van der Waals surface area contributed by atoms with Gasteiger partial charge in [0.25, 0.3) is 0 Å². The van der Waals surface area contributed by atoms with E-state index in [0.717, 1.165) is 39.1 Å².